The largest absolute Gasteiger partial charge is 0.497 e. The molecule has 5 heteroatoms. The van der Waals surface area contributed by atoms with E-state index < -0.39 is 5.41 Å². The van der Waals surface area contributed by atoms with E-state index in [1.165, 1.54) is 5.56 Å². The maximum Gasteiger partial charge on any atom is 0.119 e. The summed E-state index contributed by atoms with van der Waals surface area (Å²) in [4.78, 5) is 0. The third kappa shape index (κ3) is 9.18. The maximum atomic E-state index is 10.8. The first kappa shape index (κ1) is 30.4. The Morgan fingerprint density at radius 2 is 1.51 bits per heavy atom. The molecule has 0 N–H and O–H groups in total. The molecule has 2 unspecified atom stereocenters. The van der Waals surface area contributed by atoms with Crippen LogP contribution in [0.3, 0.4) is 0 Å². The molecule has 202 valence electrons. The minimum atomic E-state index is -0.528. The van der Waals surface area contributed by atoms with Crippen molar-refractivity contribution in [2.45, 2.75) is 95.9 Å². The first-order valence-corrected chi connectivity index (χ1v) is 14.0. The number of nitrogens with zero attached hydrogens (tertiary/aromatic N) is 3. The summed E-state index contributed by atoms with van der Waals surface area (Å²) in [7, 11) is 5.15. The van der Waals surface area contributed by atoms with Crippen molar-refractivity contribution in [2.75, 3.05) is 21.3 Å². The van der Waals surface area contributed by atoms with Gasteiger partial charge in [-0.15, -0.1) is 0 Å². The quantitative estimate of drug-likeness (QED) is 0.190. The van der Waals surface area contributed by atoms with Crippen LogP contribution in [-0.4, -0.2) is 27.3 Å². The van der Waals surface area contributed by atoms with E-state index in [0.717, 1.165) is 87.7 Å². The van der Waals surface area contributed by atoms with Gasteiger partial charge >= 0.3 is 0 Å². The van der Waals surface area contributed by atoms with Crippen LogP contribution in [0.25, 0.3) is 0 Å². The Morgan fingerprint density at radius 3 is 2.11 bits per heavy atom. The second-order valence-electron chi connectivity index (χ2n) is 10.0. The van der Waals surface area contributed by atoms with E-state index >= 15 is 0 Å². The number of unbranched alkanes of at least 4 members (excludes halogenated alkanes) is 2. The van der Waals surface area contributed by atoms with Gasteiger partial charge in [-0.05, 0) is 86.3 Å². The zero-order valence-corrected chi connectivity index (χ0v) is 23.7. The Hall–Kier alpha value is -2.87. The molecule has 0 amide bonds. The highest BCUT2D eigenvalue weighted by Crippen LogP contribution is 2.43. The standard InChI is InChI=1S/C32H47N3O2/c1-6-8-14-27(15-9-7-2)32(25-33,28-16-11-19-31(24-28)37-5)22-12-17-29(35-34-3)21-20-26-13-10-18-30(23-26)36-4/h10-11,13,16,18-19,23-24,27,29H,6-9,12,14-15,17,20-22H2,1-5H3/b35-34+. The summed E-state index contributed by atoms with van der Waals surface area (Å²) in [5, 5.41) is 19.5. The molecule has 0 aliphatic rings. The molecule has 2 rings (SSSR count). The molecule has 0 saturated heterocycles. The molecule has 0 heterocycles. The number of aryl methyl sites for hydroxylation is 1. The molecule has 2 aromatic carbocycles. The third-order valence-electron chi connectivity index (χ3n) is 7.58. The van der Waals surface area contributed by atoms with E-state index in [4.69, 9.17) is 9.47 Å². The van der Waals surface area contributed by atoms with Gasteiger partial charge in [-0.25, -0.2) is 0 Å². The zero-order chi connectivity index (χ0) is 26.9. The third-order valence-corrected chi connectivity index (χ3v) is 7.58. The SMILES string of the molecule is CCCCC(CCCC)C(C#N)(CCCC(CCc1cccc(OC)c1)/N=N/C)c1cccc(OC)c1. The first-order valence-electron chi connectivity index (χ1n) is 14.0. The number of ether oxygens (including phenoxy) is 2. The number of methoxy groups -OCH3 is 2. The Bertz CT molecular complexity index is 976. The van der Waals surface area contributed by atoms with Gasteiger partial charge in [-0.1, -0.05) is 63.8 Å². The molecule has 0 spiro atoms. The molecule has 2 atom stereocenters. The average Bonchev–Trinajstić information content (AvgIpc) is 2.94. The number of hydrogen-bond acceptors (Lipinski definition) is 5. The van der Waals surface area contributed by atoms with Crippen LogP contribution in [0, 0.1) is 17.2 Å². The minimum Gasteiger partial charge on any atom is -0.497 e. The highest BCUT2D eigenvalue weighted by molar-refractivity contribution is 5.39. The van der Waals surface area contributed by atoms with Crippen molar-refractivity contribution in [1.29, 1.82) is 5.26 Å². The fourth-order valence-corrected chi connectivity index (χ4v) is 5.44. The van der Waals surface area contributed by atoms with Crippen LogP contribution >= 0.6 is 0 Å². The van der Waals surface area contributed by atoms with Crippen molar-refractivity contribution in [1.82, 2.24) is 0 Å². The number of nitriles is 1. The van der Waals surface area contributed by atoms with Gasteiger partial charge in [0.25, 0.3) is 0 Å². The summed E-state index contributed by atoms with van der Waals surface area (Å²) >= 11 is 0. The predicted octanol–water partition coefficient (Wildman–Crippen LogP) is 8.72. The summed E-state index contributed by atoms with van der Waals surface area (Å²) in [6, 6.07) is 19.4. The molecule has 0 aromatic heterocycles. The van der Waals surface area contributed by atoms with E-state index in [2.05, 4.69) is 54.4 Å². The summed E-state index contributed by atoms with van der Waals surface area (Å²) < 4.78 is 10.9. The van der Waals surface area contributed by atoms with Gasteiger partial charge in [0.15, 0.2) is 0 Å². The van der Waals surface area contributed by atoms with E-state index in [0.29, 0.717) is 5.92 Å². The highest BCUT2D eigenvalue weighted by Gasteiger charge is 2.40. The topological polar surface area (TPSA) is 67.0 Å². The van der Waals surface area contributed by atoms with Crippen molar-refractivity contribution in [3.05, 3.63) is 59.7 Å². The molecule has 0 fully saturated rings. The van der Waals surface area contributed by atoms with Crippen molar-refractivity contribution in [3.63, 3.8) is 0 Å². The normalized spacial score (nSPS) is 13.9. The number of benzene rings is 2. The summed E-state index contributed by atoms with van der Waals surface area (Å²) in [6.45, 7) is 4.47. The Kier molecular flexibility index (Phi) is 13.8. The number of hydrogen-bond donors (Lipinski definition) is 0. The molecule has 2 aromatic rings. The average molecular weight is 506 g/mol. The molecular formula is C32H47N3O2. The van der Waals surface area contributed by atoms with Gasteiger partial charge in [0, 0.05) is 7.05 Å². The van der Waals surface area contributed by atoms with Gasteiger partial charge in [-0.3, -0.25) is 0 Å². The Morgan fingerprint density at radius 1 is 0.865 bits per heavy atom. The molecular weight excluding hydrogens is 458 g/mol. The minimum absolute atomic E-state index is 0.141. The van der Waals surface area contributed by atoms with E-state index in [9.17, 15) is 5.26 Å². The second kappa shape index (κ2) is 16.8. The van der Waals surface area contributed by atoms with E-state index in [-0.39, 0.29) is 6.04 Å². The van der Waals surface area contributed by atoms with Crippen LogP contribution in [0.1, 0.15) is 89.2 Å². The maximum absolute atomic E-state index is 10.8. The van der Waals surface area contributed by atoms with Crippen molar-refractivity contribution in [2.24, 2.45) is 16.1 Å². The lowest BCUT2D eigenvalue weighted by Crippen LogP contribution is -2.34. The van der Waals surface area contributed by atoms with Crippen LogP contribution in [0.15, 0.2) is 58.8 Å². The fraction of sp³-hybridized carbons (Fsp3) is 0.594. The van der Waals surface area contributed by atoms with E-state index in [1.54, 1.807) is 21.3 Å². The Balaban J connectivity index is 2.24. The number of rotatable bonds is 18. The Labute approximate surface area is 225 Å². The first-order chi connectivity index (χ1) is 18.1. The van der Waals surface area contributed by atoms with Crippen molar-refractivity contribution >= 4 is 0 Å². The lowest BCUT2D eigenvalue weighted by Gasteiger charge is -2.36. The van der Waals surface area contributed by atoms with Crippen LogP contribution in [0.2, 0.25) is 0 Å². The fourth-order valence-electron chi connectivity index (χ4n) is 5.44. The van der Waals surface area contributed by atoms with Crippen LogP contribution in [0.5, 0.6) is 11.5 Å². The van der Waals surface area contributed by atoms with Crippen LogP contribution in [0.4, 0.5) is 0 Å². The molecule has 0 bridgehead atoms. The van der Waals surface area contributed by atoms with Crippen molar-refractivity contribution in [3.8, 4) is 17.6 Å². The van der Waals surface area contributed by atoms with Gasteiger partial charge in [0.05, 0.1) is 31.7 Å². The molecule has 0 saturated carbocycles. The van der Waals surface area contributed by atoms with Gasteiger partial charge in [0.2, 0.25) is 0 Å². The van der Waals surface area contributed by atoms with Gasteiger partial charge < -0.3 is 9.47 Å². The van der Waals surface area contributed by atoms with Gasteiger partial charge in [0.1, 0.15) is 11.5 Å². The lowest BCUT2D eigenvalue weighted by molar-refractivity contribution is 0.261. The summed E-state index contributed by atoms with van der Waals surface area (Å²) in [5.41, 5.74) is 1.81. The molecule has 0 radical (unpaired) electrons. The smallest absolute Gasteiger partial charge is 0.119 e. The number of azo groups is 1. The molecule has 0 aliphatic heterocycles. The van der Waals surface area contributed by atoms with Crippen LogP contribution < -0.4 is 9.47 Å². The molecule has 0 aliphatic carbocycles. The van der Waals surface area contributed by atoms with Crippen LogP contribution in [-0.2, 0) is 11.8 Å². The monoisotopic (exact) mass is 505 g/mol. The highest BCUT2D eigenvalue weighted by atomic mass is 16.5. The lowest BCUT2D eigenvalue weighted by atomic mass is 9.65. The molecule has 5 nitrogen and oxygen atoms in total. The predicted molar refractivity (Wildman–Crippen MR) is 153 cm³/mol. The van der Waals surface area contributed by atoms with Crippen molar-refractivity contribution < 1.29 is 9.47 Å². The van der Waals surface area contributed by atoms with E-state index in [1.807, 2.05) is 24.3 Å². The molecule has 37 heavy (non-hydrogen) atoms. The van der Waals surface area contributed by atoms with Gasteiger partial charge in [-0.2, -0.15) is 15.5 Å². The zero-order valence-electron chi connectivity index (χ0n) is 23.7. The summed E-state index contributed by atoms with van der Waals surface area (Å²) in [5.74, 6) is 2.03. The second-order valence-corrected chi connectivity index (χ2v) is 10.0. The summed E-state index contributed by atoms with van der Waals surface area (Å²) in [6.07, 6.45) is 11.3.